The Balaban J connectivity index is 2.25. The second kappa shape index (κ2) is 6.37. The molecule has 0 aliphatic heterocycles. The number of aromatic hydroxyl groups is 1. The third kappa shape index (κ3) is 3.49. The van der Waals surface area contributed by atoms with Crippen molar-refractivity contribution in [2.45, 2.75) is 26.0 Å². The first-order valence-corrected chi connectivity index (χ1v) is 7.27. The fourth-order valence-electron chi connectivity index (χ4n) is 2.29. The Morgan fingerprint density at radius 3 is 2.19 bits per heavy atom. The van der Waals surface area contributed by atoms with Gasteiger partial charge in [-0.3, -0.25) is 0 Å². The second-order valence-corrected chi connectivity index (χ2v) is 5.69. The number of rotatable bonds is 4. The van der Waals surface area contributed by atoms with E-state index >= 15 is 0 Å². The van der Waals surface area contributed by atoms with Gasteiger partial charge in [0.1, 0.15) is 5.75 Å². The Morgan fingerprint density at radius 2 is 1.67 bits per heavy atom. The summed E-state index contributed by atoms with van der Waals surface area (Å²) in [6.45, 7) is 3.72. The van der Waals surface area contributed by atoms with E-state index < -0.39 is 6.10 Å². The van der Waals surface area contributed by atoms with Crippen molar-refractivity contribution in [1.29, 1.82) is 0 Å². The zero-order valence-corrected chi connectivity index (χ0v) is 13.2. The van der Waals surface area contributed by atoms with Gasteiger partial charge in [-0.05, 0) is 37.6 Å². The van der Waals surface area contributed by atoms with Crippen molar-refractivity contribution >= 4 is 17.3 Å². The lowest BCUT2D eigenvalue weighted by Crippen LogP contribution is -2.21. The van der Waals surface area contributed by atoms with E-state index in [1.54, 1.807) is 19.1 Å². The average molecular weight is 306 g/mol. The molecule has 2 rings (SSSR count). The van der Waals surface area contributed by atoms with Crippen molar-refractivity contribution in [3.63, 3.8) is 0 Å². The predicted octanol–water partition coefficient (Wildman–Crippen LogP) is 4.30. The smallest absolute Gasteiger partial charge is 0.123 e. The summed E-state index contributed by atoms with van der Waals surface area (Å²) < 4.78 is 0. The molecule has 0 aliphatic rings. The maximum Gasteiger partial charge on any atom is 0.123 e. The van der Waals surface area contributed by atoms with Crippen LogP contribution in [0.2, 0.25) is 5.02 Å². The lowest BCUT2D eigenvalue weighted by Gasteiger charge is -2.28. The zero-order chi connectivity index (χ0) is 15.6. The molecule has 4 heteroatoms. The molecule has 21 heavy (non-hydrogen) atoms. The Labute approximate surface area is 130 Å². The molecule has 3 nitrogen and oxygen atoms in total. The van der Waals surface area contributed by atoms with Crippen molar-refractivity contribution in [3.8, 4) is 5.75 Å². The molecule has 2 aromatic rings. The highest BCUT2D eigenvalue weighted by Gasteiger charge is 2.15. The number of benzene rings is 2. The third-order valence-electron chi connectivity index (χ3n) is 3.80. The zero-order valence-electron chi connectivity index (χ0n) is 12.4. The predicted molar refractivity (Wildman–Crippen MR) is 87.0 cm³/mol. The van der Waals surface area contributed by atoms with Crippen LogP contribution in [0.3, 0.4) is 0 Å². The maximum absolute atomic E-state index is 10.00. The first-order valence-electron chi connectivity index (χ1n) is 6.89. The normalized spacial score (nSPS) is 13.8. The minimum absolute atomic E-state index is 0.109. The topological polar surface area (TPSA) is 43.7 Å². The number of aliphatic hydroxyl groups is 1. The highest BCUT2D eigenvalue weighted by atomic mass is 35.5. The number of halogens is 1. The molecule has 2 N–H and O–H groups in total. The van der Waals surface area contributed by atoms with E-state index in [9.17, 15) is 10.2 Å². The van der Waals surface area contributed by atoms with Crippen LogP contribution in [-0.2, 0) is 0 Å². The van der Waals surface area contributed by atoms with Gasteiger partial charge >= 0.3 is 0 Å². The number of hydrogen-bond acceptors (Lipinski definition) is 3. The standard InChI is InChI=1S/C17H20ClNO2/c1-11(13-4-6-14(18)7-5-13)19(3)15-8-9-16(12(2)20)17(21)10-15/h4-12,20-21H,1-3H3. The molecular formula is C17H20ClNO2. The summed E-state index contributed by atoms with van der Waals surface area (Å²) in [5, 5.41) is 20.3. The minimum atomic E-state index is -0.682. The molecule has 0 spiro atoms. The molecule has 0 heterocycles. The van der Waals surface area contributed by atoms with Crippen LogP contribution in [0, 0.1) is 0 Å². The van der Waals surface area contributed by atoms with E-state index in [-0.39, 0.29) is 11.8 Å². The van der Waals surface area contributed by atoms with Crippen molar-refractivity contribution in [3.05, 3.63) is 58.6 Å². The van der Waals surface area contributed by atoms with Gasteiger partial charge in [-0.25, -0.2) is 0 Å². The van der Waals surface area contributed by atoms with Crippen molar-refractivity contribution < 1.29 is 10.2 Å². The van der Waals surface area contributed by atoms with E-state index in [2.05, 4.69) is 11.8 Å². The summed E-state index contributed by atoms with van der Waals surface area (Å²) in [7, 11) is 1.97. The molecule has 112 valence electrons. The van der Waals surface area contributed by atoms with E-state index in [0.717, 1.165) is 11.3 Å². The molecule has 0 radical (unpaired) electrons. The number of phenolic OH excluding ortho intramolecular Hbond substituents is 1. The summed E-state index contributed by atoms with van der Waals surface area (Å²) in [6, 6.07) is 13.2. The van der Waals surface area contributed by atoms with Crippen LogP contribution >= 0.6 is 11.6 Å². The maximum atomic E-state index is 10.00. The van der Waals surface area contributed by atoms with Crippen LogP contribution in [0.15, 0.2) is 42.5 Å². The van der Waals surface area contributed by atoms with Crippen LogP contribution < -0.4 is 4.90 Å². The molecule has 0 aliphatic carbocycles. The van der Waals surface area contributed by atoms with Gasteiger partial charge in [-0.2, -0.15) is 0 Å². The summed E-state index contributed by atoms with van der Waals surface area (Å²) in [5.41, 5.74) is 2.56. The van der Waals surface area contributed by atoms with Gasteiger partial charge in [0, 0.05) is 29.4 Å². The monoisotopic (exact) mass is 305 g/mol. The summed E-state index contributed by atoms with van der Waals surface area (Å²) in [4.78, 5) is 2.06. The van der Waals surface area contributed by atoms with E-state index in [4.69, 9.17) is 11.6 Å². The molecule has 0 saturated carbocycles. The molecule has 0 aromatic heterocycles. The van der Waals surface area contributed by atoms with Gasteiger partial charge in [0.25, 0.3) is 0 Å². The number of anilines is 1. The van der Waals surface area contributed by atoms with Gasteiger partial charge in [-0.1, -0.05) is 29.8 Å². The summed E-state index contributed by atoms with van der Waals surface area (Å²) in [6.07, 6.45) is -0.682. The molecule has 2 unspecified atom stereocenters. The Morgan fingerprint density at radius 1 is 1.05 bits per heavy atom. The first kappa shape index (κ1) is 15.7. The largest absolute Gasteiger partial charge is 0.507 e. The van der Waals surface area contributed by atoms with E-state index in [1.165, 1.54) is 0 Å². The number of phenols is 1. The fraction of sp³-hybridized carbons (Fsp3) is 0.294. The van der Waals surface area contributed by atoms with Crippen molar-refractivity contribution in [1.82, 2.24) is 0 Å². The average Bonchev–Trinajstić information content (AvgIpc) is 2.46. The Bertz CT molecular complexity index is 611. The van der Waals surface area contributed by atoms with Gasteiger partial charge in [0.15, 0.2) is 0 Å². The molecule has 0 amide bonds. The molecule has 0 fully saturated rings. The van der Waals surface area contributed by atoms with Gasteiger partial charge in [0.2, 0.25) is 0 Å². The van der Waals surface area contributed by atoms with Crippen LogP contribution in [-0.4, -0.2) is 17.3 Å². The quantitative estimate of drug-likeness (QED) is 0.885. The van der Waals surface area contributed by atoms with E-state index in [1.807, 2.05) is 37.4 Å². The van der Waals surface area contributed by atoms with E-state index in [0.29, 0.717) is 10.6 Å². The van der Waals surface area contributed by atoms with Crippen LogP contribution in [0.25, 0.3) is 0 Å². The molecule has 2 atom stereocenters. The fourth-order valence-corrected chi connectivity index (χ4v) is 2.42. The Kier molecular flexibility index (Phi) is 4.76. The van der Waals surface area contributed by atoms with Gasteiger partial charge in [-0.15, -0.1) is 0 Å². The highest BCUT2D eigenvalue weighted by molar-refractivity contribution is 6.30. The minimum Gasteiger partial charge on any atom is -0.507 e. The van der Waals surface area contributed by atoms with Crippen LogP contribution in [0.4, 0.5) is 5.69 Å². The van der Waals surface area contributed by atoms with Crippen molar-refractivity contribution in [2.24, 2.45) is 0 Å². The molecule has 0 bridgehead atoms. The van der Waals surface area contributed by atoms with Crippen LogP contribution in [0.1, 0.15) is 37.1 Å². The summed E-state index contributed by atoms with van der Waals surface area (Å²) in [5.74, 6) is 0.109. The molecular weight excluding hydrogens is 286 g/mol. The van der Waals surface area contributed by atoms with Gasteiger partial charge < -0.3 is 15.1 Å². The number of nitrogens with zero attached hydrogens (tertiary/aromatic N) is 1. The highest BCUT2D eigenvalue weighted by Crippen LogP contribution is 2.32. The second-order valence-electron chi connectivity index (χ2n) is 5.26. The molecule has 2 aromatic carbocycles. The van der Waals surface area contributed by atoms with Gasteiger partial charge in [0.05, 0.1) is 12.1 Å². The Hall–Kier alpha value is -1.71. The SMILES string of the molecule is CC(O)c1ccc(N(C)C(C)c2ccc(Cl)cc2)cc1O. The molecule has 0 saturated heterocycles. The third-order valence-corrected chi connectivity index (χ3v) is 4.06. The van der Waals surface area contributed by atoms with Crippen molar-refractivity contribution in [2.75, 3.05) is 11.9 Å². The number of aliphatic hydroxyl groups excluding tert-OH is 1. The van der Waals surface area contributed by atoms with Crippen LogP contribution in [0.5, 0.6) is 5.75 Å². The lowest BCUT2D eigenvalue weighted by atomic mass is 10.0. The number of hydrogen-bond donors (Lipinski definition) is 2. The summed E-state index contributed by atoms with van der Waals surface area (Å²) >= 11 is 5.91. The lowest BCUT2D eigenvalue weighted by molar-refractivity contribution is 0.195. The first-order chi connectivity index (χ1) is 9.90.